The summed E-state index contributed by atoms with van der Waals surface area (Å²) in [5.74, 6) is -0.0555. The fourth-order valence-electron chi connectivity index (χ4n) is 0.712. The maximum Gasteiger partial charge on any atom is 0.155 e. The van der Waals surface area contributed by atoms with Gasteiger partial charge >= 0.3 is 0 Å². The largest absolute Gasteiger partial charge is 0.506 e. The van der Waals surface area contributed by atoms with Crippen molar-refractivity contribution in [3.05, 3.63) is 25.0 Å². The van der Waals surface area contributed by atoms with Crippen LogP contribution in [-0.4, -0.2) is 11.4 Å². The van der Waals surface area contributed by atoms with E-state index in [-0.39, 0.29) is 11.3 Å². The lowest BCUT2D eigenvalue weighted by atomic mass is 10.2. The van der Waals surface area contributed by atoms with Crippen LogP contribution in [0.2, 0.25) is 0 Å². The van der Waals surface area contributed by atoms with Crippen LogP contribution in [0.4, 0.5) is 0 Å². The number of phenolic OH excluding ortho intramolecular Hbond substituents is 1. The van der Waals surface area contributed by atoms with Crippen LogP contribution in [0.25, 0.3) is 0 Å². The molecule has 0 aliphatic rings. The normalized spacial score (nSPS) is 9.92. The van der Waals surface area contributed by atoms with Crippen LogP contribution >= 0.6 is 47.8 Å². The van der Waals surface area contributed by atoms with E-state index in [4.69, 9.17) is 0 Å². The van der Waals surface area contributed by atoms with Gasteiger partial charge in [-0.1, -0.05) is 0 Å². The van der Waals surface area contributed by atoms with Crippen molar-refractivity contribution in [2.75, 3.05) is 0 Å². The van der Waals surface area contributed by atoms with Crippen LogP contribution in [0.15, 0.2) is 19.5 Å². The molecule has 5 heteroatoms. The molecular formula is C7H3Br3O2. The molecule has 0 saturated heterocycles. The molecule has 0 aliphatic carbocycles. The SMILES string of the molecule is O=Cc1c(O)c(Br)cc(Br)c1Br. The lowest BCUT2D eigenvalue weighted by molar-refractivity contribution is 0.112. The summed E-state index contributed by atoms with van der Waals surface area (Å²) in [5.41, 5.74) is 0.233. The van der Waals surface area contributed by atoms with Gasteiger partial charge in [0.2, 0.25) is 0 Å². The molecule has 2 nitrogen and oxygen atoms in total. The molecule has 1 N–H and O–H groups in total. The summed E-state index contributed by atoms with van der Waals surface area (Å²) >= 11 is 9.50. The van der Waals surface area contributed by atoms with Gasteiger partial charge in [-0.2, -0.15) is 0 Å². The molecule has 1 aromatic carbocycles. The summed E-state index contributed by atoms with van der Waals surface area (Å²) in [6.45, 7) is 0. The van der Waals surface area contributed by atoms with Crippen molar-refractivity contribution in [3.63, 3.8) is 0 Å². The fraction of sp³-hybridized carbons (Fsp3) is 0. The molecule has 0 heterocycles. The average molecular weight is 359 g/mol. The summed E-state index contributed by atoms with van der Waals surface area (Å²) in [6, 6.07) is 1.66. The Kier molecular flexibility index (Phi) is 3.31. The van der Waals surface area contributed by atoms with Gasteiger partial charge in [0, 0.05) is 8.95 Å². The van der Waals surface area contributed by atoms with Crippen LogP contribution < -0.4 is 0 Å². The van der Waals surface area contributed by atoms with E-state index in [1.54, 1.807) is 6.07 Å². The van der Waals surface area contributed by atoms with Gasteiger partial charge in [0.25, 0.3) is 0 Å². The number of rotatable bonds is 1. The van der Waals surface area contributed by atoms with Gasteiger partial charge in [0.15, 0.2) is 6.29 Å². The second kappa shape index (κ2) is 3.89. The molecule has 0 unspecified atom stereocenters. The molecule has 0 spiro atoms. The molecule has 0 aliphatic heterocycles. The second-order valence-electron chi connectivity index (χ2n) is 2.03. The number of benzene rings is 1. The summed E-state index contributed by atoms with van der Waals surface area (Å²) in [6.07, 6.45) is 0.592. The van der Waals surface area contributed by atoms with Crippen molar-refractivity contribution >= 4 is 54.1 Å². The zero-order chi connectivity index (χ0) is 9.30. The Hall–Kier alpha value is 0.130. The Morgan fingerprint density at radius 2 is 1.83 bits per heavy atom. The number of halogens is 3. The van der Waals surface area contributed by atoms with Crippen LogP contribution in [0, 0.1) is 0 Å². The lowest BCUT2D eigenvalue weighted by Crippen LogP contribution is -1.86. The zero-order valence-electron chi connectivity index (χ0n) is 5.64. The first-order chi connectivity index (χ1) is 5.57. The third-order valence-electron chi connectivity index (χ3n) is 1.30. The van der Waals surface area contributed by atoms with Crippen molar-refractivity contribution in [2.24, 2.45) is 0 Å². The van der Waals surface area contributed by atoms with E-state index in [1.165, 1.54) is 0 Å². The first kappa shape index (κ1) is 10.2. The Bertz CT molecular complexity index is 310. The van der Waals surface area contributed by atoms with Crippen molar-refractivity contribution in [3.8, 4) is 5.75 Å². The van der Waals surface area contributed by atoms with Crippen LogP contribution in [0.3, 0.4) is 0 Å². The molecule has 0 amide bonds. The Morgan fingerprint density at radius 1 is 1.25 bits per heavy atom. The van der Waals surface area contributed by atoms with E-state index in [0.717, 1.165) is 0 Å². The van der Waals surface area contributed by atoms with Crippen molar-refractivity contribution in [1.82, 2.24) is 0 Å². The van der Waals surface area contributed by atoms with Gasteiger partial charge in [-0.25, -0.2) is 0 Å². The number of phenols is 1. The Balaban J connectivity index is 3.52. The maximum absolute atomic E-state index is 10.5. The number of aldehydes is 1. The summed E-state index contributed by atoms with van der Waals surface area (Å²) in [7, 11) is 0. The van der Waals surface area contributed by atoms with Gasteiger partial charge in [0.05, 0.1) is 10.0 Å². The van der Waals surface area contributed by atoms with Gasteiger partial charge in [-0.05, 0) is 53.9 Å². The minimum absolute atomic E-state index is 0.0555. The van der Waals surface area contributed by atoms with E-state index in [1.807, 2.05) is 0 Å². The molecule has 1 rings (SSSR count). The highest BCUT2D eigenvalue weighted by molar-refractivity contribution is 9.13. The third-order valence-corrected chi connectivity index (χ3v) is 3.92. The van der Waals surface area contributed by atoms with Crippen molar-refractivity contribution < 1.29 is 9.90 Å². The van der Waals surface area contributed by atoms with Gasteiger partial charge < -0.3 is 5.11 Å². The Morgan fingerprint density at radius 3 is 2.33 bits per heavy atom. The van der Waals surface area contributed by atoms with E-state index < -0.39 is 0 Å². The smallest absolute Gasteiger partial charge is 0.155 e. The molecule has 1 aromatic rings. The van der Waals surface area contributed by atoms with Crippen LogP contribution in [0.1, 0.15) is 10.4 Å². The molecule has 0 radical (unpaired) electrons. The molecular weight excluding hydrogens is 356 g/mol. The quantitative estimate of drug-likeness (QED) is 0.616. The highest BCUT2D eigenvalue weighted by Gasteiger charge is 2.12. The number of carbonyl (C=O) groups excluding carboxylic acids is 1. The third kappa shape index (κ3) is 1.72. The summed E-state index contributed by atoms with van der Waals surface area (Å²) in [5, 5.41) is 9.37. The molecule has 0 fully saturated rings. The second-order valence-corrected chi connectivity index (χ2v) is 4.54. The molecule has 64 valence electrons. The minimum Gasteiger partial charge on any atom is -0.506 e. The minimum atomic E-state index is -0.0555. The standard InChI is InChI=1S/C7H3Br3O2/c8-4-1-5(9)7(12)3(2-11)6(4)10/h1-2,12H. The van der Waals surface area contributed by atoms with Crippen molar-refractivity contribution in [2.45, 2.75) is 0 Å². The number of aromatic hydroxyl groups is 1. The van der Waals surface area contributed by atoms with Gasteiger partial charge in [-0.3, -0.25) is 4.79 Å². The predicted molar refractivity (Wildman–Crippen MR) is 56.6 cm³/mol. The molecule has 0 aromatic heterocycles. The Labute approximate surface area is 94.4 Å². The molecule has 12 heavy (non-hydrogen) atoms. The summed E-state index contributed by atoms with van der Waals surface area (Å²) in [4.78, 5) is 10.5. The topological polar surface area (TPSA) is 37.3 Å². The molecule has 0 saturated carbocycles. The number of hydrogen-bond acceptors (Lipinski definition) is 2. The van der Waals surface area contributed by atoms with Gasteiger partial charge in [-0.15, -0.1) is 0 Å². The van der Waals surface area contributed by atoms with E-state index in [2.05, 4.69) is 47.8 Å². The van der Waals surface area contributed by atoms with Crippen molar-refractivity contribution in [1.29, 1.82) is 0 Å². The highest BCUT2D eigenvalue weighted by Crippen LogP contribution is 2.37. The van der Waals surface area contributed by atoms with E-state index in [0.29, 0.717) is 19.7 Å². The predicted octanol–water partition coefficient (Wildman–Crippen LogP) is 3.49. The van der Waals surface area contributed by atoms with E-state index in [9.17, 15) is 9.90 Å². The monoisotopic (exact) mass is 356 g/mol. The fourth-order valence-corrected chi connectivity index (χ4v) is 2.30. The highest BCUT2D eigenvalue weighted by atomic mass is 79.9. The number of hydrogen-bond donors (Lipinski definition) is 1. The first-order valence-corrected chi connectivity index (χ1v) is 5.27. The first-order valence-electron chi connectivity index (χ1n) is 2.89. The van der Waals surface area contributed by atoms with Gasteiger partial charge in [0.1, 0.15) is 5.75 Å². The van der Waals surface area contributed by atoms with E-state index >= 15 is 0 Å². The zero-order valence-corrected chi connectivity index (χ0v) is 10.4. The summed E-state index contributed by atoms with van der Waals surface area (Å²) < 4.78 is 1.76. The lowest BCUT2D eigenvalue weighted by Gasteiger charge is -2.04. The maximum atomic E-state index is 10.5. The van der Waals surface area contributed by atoms with Crippen LogP contribution in [0.5, 0.6) is 5.75 Å². The average Bonchev–Trinajstić information content (AvgIpc) is 2.02. The number of carbonyl (C=O) groups is 1. The molecule has 0 bridgehead atoms. The molecule has 0 atom stereocenters. The van der Waals surface area contributed by atoms with Crippen LogP contribution in [-0.2, 0) is 0 Å².